The molecule has 9 nitrogen and oxygen atoms in total. The van der Waals surface area contributed by atoms with Crippen molar-refractivity contribution in [1.29, 1.82) is 0 Å². The van der Waals surface area contributed by atoms with Crippen molar-refractivity contribution in [3.63, 3.8) is 0 Å². The maximum absolute atomic E-state index is 14.1. The van der Waals surface area contributed by atoms with E-state index in [1.165, 1.54) is 67.7 Å². The summed E-state index contributed by atoms with van der Waals surface area (Å²) in [4.78, 5) is 28.8. The summed E-state index contributed by atoms with van der Waals surface area (Å²) in [6.07, 6.45) is 0.963. The number of carbonyl (C=O) groups is 2. The molecule has 0 radical (unpaired) electrons. The van der Waals surface area contributed by atoms with Gasteiger partial charge in [0.25, 0.3) is 10.0 Å². The summed E-state index contributed by atoms with van der Waals surface area (Å²) in [7, 11) is -1.41. The maximum atomic E-state index is 14.1. The number of benzene rings is 3. The number of amides is 2. The number of ether oxygens (including phenoxy) is 2. The molecule has 42 heavy (non-hydrogen) atoms. The van der Waals surface area contributed by atoms with Gasteiger partial charge < -0.3 is 19.7 Å². The molecule has 0 aliphatic heterocycles. The van der Waals surface area contributed by atoms with Gasteiger partial charge in [0.05, 0.1) is 24.8 Å². The molecule has 0 saturated heterocycles. The minimum Gasteiger partial charge on any atom is -0.497 e. The van der Waals surface area contributed by atoms with Gasteiger partial charge in [0.15, 0.2) is 0 Å². The standard InChI is InChI=1S/C31H38FN3O6S/c1-6-22(3)33-31(37)27(7-2)34(20-23-12-14-24(32)15-13-23)30(36)21-35(28-10-8-9-11-29(28)41-5)42(38,39)26-18-16-25(40-4)17-19-26/h8-19,22,27H,6-7,20-21H2,1-5H3,(H,33,37). The van der Waals surface area contributed by atoms with Crippen LogP contribution in [0.25, 0.3) is 0 Å². The van der Waals surface area contributed by atoms with Crippen LogP contribution in [0.2, 0.25) is 0 Å². The van der Waals surface area contributed by atoms with Crippen LogP contribution in [0, 0.1) is 5.82 Å². The number of hydrogen-bond acceptors (Lipinski definition) is 6. The Kier molecular flexibility index (Phi) is 11.3. The average molecular weight is 600 g/mol. The molecule has 0 bridgehead atoms. The summed E-state index contributed by atoms with van der Waals surface area (Å²) in [5, 5.41) is 2.92. The molecule has 3 aromatic rings. The molecule has 11 heteroatoms. The summed E-state index contributed by atoms with van der Waals surface area (Å²) >= 11 is 0. The predicted octanol–water partition coefficient (Wildman–Crippen LogP) is 4.76. The zero-order valence-corrected chi connectivity index (χ0v) is 25.4. The highest BCUT2D eigenvalue weighted by molar-refractivity contribution is 7.92. The largest absolute Gasteiger partial charge is 0.497 e. The molecule has 0 aliphatic rings. The number of para-hydroxylation sites is 2. The average Bonchev–Trinajstić information content (AvgIpc) is 3.00. The van der Waals surface area contributed by atoms with Crippen LogP contribution in [0.4, 0.5) is 10.1 Å². The molecule has 0 fully saturated rings. The second-order valence-corrected chi connectivity index (χ2v) is 11.6. The molecule has 0 aromatic heterocycles. The number of hydrogen-bond donors (Lipinski definition) is 1. The van der Waals surface area contributed by atoms with E-state index in [-0.39, 0.29) is 41.2 Å². The van der Waals surface area contributed by atoms with Crippen molar-refractivity contribution in [3.8, 4) is 11.5 Å². The van der Waals surface area contributed by atoms with E-state index in [4.69, 9.17) is 9.47 Å². The normalized spacial score (nSPS) is 12.6. The van der Waals surface area contributed by atoms with Crippen LogP contribution in [-0.4, -0.2) is 58.0 Å². The number of halogens is 1. The lowest BCUT2D eigenvalue weighted by Gasteiger charge is -2.34. The van der Waals surface area contributed by atoms with Gasteiger partial charge >= 0.3 is 0 Å². The molecule has 0 aliphatic carbocycles. The Morgan fingerprint density at radius 3 is 2.12 bits per heavy atom. The summed E-state index contributed by atoms with van der Waals surface area (Å²) in [5.41, 5.74) is 0.740. The highest BCUT2D eigenvalue weighted by Crippen LogP contribution is 2.33. The van der Waals surface area contributed by atoms with Gasteiger partial charge in [-0.2, -0.15) is 0 Å². The third kappa shape index (κ3) is 7.79. The van der Waals surface area contributed by atoms with Crippen molar-refractivity contribution in [2.75, 3.05) is 25.1 Å². The van der Waals surface area contributed by atoms with Crippen LogP contribution >= 0.6 is 0 Å². The Bertz CT molecular complexity index is 1450. The SMILES string of the molecule is CCC(C)NC(=O)C(CC)N(Cc1ccc(F)cc1)C(=O)CN(c1ccccc1OC)S(=O)(=O)c1ccc(OC)cc1. The quantitative estimate of drug-likeness (QED) is 0.287. The van der Waals surface area contributed by atoms with Gasteiger partial charge in [-0.1, -0.05) is 38.1 Å². The topological polar surface area (TPSA) is 105 Å². The van der Waals surface area contributed by atoms with Crippen LogP contribution in [0.15, 0.2) is 77.7 Å². The number of nitrogens with zero attached hydrogens (tertiary/aromatic N) is 2. The van der Waals surface area contributed by atoms with E-state index in [0.29, 0.717) is 17.7 Å². The van der Waals surface area contributed by atoms with E-state index < -0.39 is 34.3 Å². The van der Waals surface area contributed by atoms with Crippen molar-refractivity contribution in [1.82, 2.24) is 10.2 Å². The molecule has 0 heterocycles. The van der Waals surface area contributed by atoms with Crippen LogP contribution in [0.1, 0.15) is 39.2 Å². The highest BCUT2D eigenvalue weighted by Gasteiger charge is 2.35. The van der Waals surface area contributed by atoms with Gasteiger partial charge in [-0.25, -0.2) is 12.8 Å². The third-order valence-electron chi connectivity index (χ3n) is 6.93. The van der Waals surface area contributed by atoms with Gasteiger partial charge in [0, 0.05) is 12.6 Å². The van der Waals surface area contributed by atoms with Crippen molar-refractivity contribution < 1.29 is 31.9 Å². The van der Waals surface area contributed by atoms with E-state index in [1.807, 2.05) is 13.8 Å². The van der Waals surface area contributed by atoms with Gasteiger partial charge in [-0.15, -0.1) is 0 Å². The lowest BCUT2D eigenvalue weighted by Crippen LogP contribution is -2.53. The Morgan fingerprint density at radius 2 is 1.55 bits per heavy atom. The molecular weight excluding hydrogens is 561 g/mol. The molecule has 2 unspecified atom stereocenters. The first kappa shape index (κ1) is 32.4. The number of methoxy groups -OCH3 is 2. The Balaban J connectivity index is 2.09. The monoisotopic (exact) mass is 599 g/mol. The van der Waals surface area contributed by atoms with Crippen molar-refractivity contribution in [2.24, 2.45) is 0 Å². The minimum absolute atomic E-state index is 0.0338. The second-order valence-electron chi connectivity index (χ2n) is 9.75. The minimum atomic E-state index is -4.29. The zero-order chi connectivity index (χ0) is 30.9. The number of nitrogens with one attached hydrogen (secondary N) is 1. The van der Waals surface area contributed by atoms with Crippen molar-refractivity contribution >= 4 is 27.5 Å². The fourth-order valence-electron chi connectivity index (χ4n) is 4.37. The summed E-state index contributed by atoms with van der Waals surface area (Å²) in [6, 6.07) is 16.9. The fraction of sp³-hybridized carbons (Fsp3) is 0.355. The first-order valence-corrected chi connectivity index (χ1v) is 15.1. The second kappa shape index (κ2) is 14.7. The molecule has 0 saturated carbocycles. The van der Waals surface area contributed by atoms with E-state index in [0.717, 1.165) is 4.31 Å². The molecule has 3 rings (SSSR count). The maximum Gasteiger partial charge on any atom is 0.264 e. The molecule has 0 spiro atoms. The van der Waals surface area contributed by atoms with Gasteiger partial charge in [-0.05, 0) is 73.9 Å². The first-order valence-electron chi connectivity index (χ1n) is 13.7. The predicted molar refractivity (Wildman–Crippen MR) is 159 cm³/mol. The third-order valence-corrected chi connectivity index (χ3v) is 8.71. The van der Waals surface area contributed by atoms with E-state index in [2.05, 4.69) is 5.32 Å². The van der Waals surface area contributed by atoms with Gasteiger partial charge in [0.2, 0.25) is 11.8 Å². The Morgan fingerprint density at radius 1 is 0.905 bits per heavy atom. The lowest BCUT2D eigenvalue weighted by molar-refractivity contribution is -0.140. The summed E-state index contributed by atoms with van der Waals surface area (Å²) in [5.74, 6) is -0.699. The van der Waals surface area contributed by atoms with E-state index in [1.54, 1.807) is 31.2 Å². The van der Waals surface area contributed by atoms with Crippen molar-refractivity contribution in [2.45, 2.75) is 57.1 Å². The van der Waals surface area contributed by atoms with Crippen LogP contribution in [0.3, 0.4) is 0 Å². The molecule has 2 atom stereocenters. The molecule has 3 aromatic carbocycles. The lowest BCUT2D eigenvalue weighted by atomic mass is 10.1. The first-order chi connectivity index (χ1) is 20.0. The Labute approximate surface area is 247 Å². The number of rotatable bonds is 14. The highest BCUT2D eigenvalue weighted by atomic mass is 32.2. The van der Waals surface area contributed by atoms with Gasteiger partial charge in [-0.3, -0.25) is 13.9 Å². The smallest absolute Gasteiger partial charge is 0.264 e. The number of anilines is 1. The summed E-state index contributed by atoms with van der Waals surface area (Å²) < 4.78 is 53.4. The van der Waals surface area contributed by atoms with E-state index >= 15 is 0 Å². The molecular formula is C31H38FN3O6S. The molecule has 1 N–H and O–H groups in total. The fourth-order valence-corrected chi connectivity index (χ4v) is 5.80. The summed E-state index contributed by atoms with van der Waals surface area (Å²) in [6.45, 7) is 4.92. The number of carbonyl (C=O) groups excluding carboxylic acids is 2. The van der Waals surface area contributed by atoms with Gasteiger partial charge in [0.1, 0.15) is 29.9 Å². The van der Waals surface area contributed by atoms with Crippen molar-refractivity contribution in [3.05, 3.63) is 84.2 Å². The van der Waals surface area contributed by atoms with Crippen LogP contribution in [0.5, 0.6) is 11.5 Å². The molecule has 226 valence electrons. The zero-order valence-electron chi connectivity index (χ0n) is 24.5. The Hall–Kier alpha value is -4.12. The van der Waals surface area contributed by atoms with E-state index in [9.17, 15) is 22.4 Å². The van der Waals surface area contributed by atoms with Crippen LogP contribution < -0.4 is 19.1 Å². The molecule has 2 amide bonds. The van der Waals surface area contributed by atoms with Crippen LogP contribution in [-0.2, 0) is 26.2 Å². The number of sulfonamides is 1.